The SMILES string of the molecule is O=C(O)/C=C/C(=O)Nc1ccc(S(=O)(=O)Nc2ccccc2)cc1. The number of hydrogen-bond acceptors (Lipinski definition) is 4. The first kappa shape index (κ1) is 17.2. The van der Waals surface area contributed by atoms with Crippen molar-refractivity contribution in [2.24, 2.45) is 0 Å². The third-order valence-electron chi connectivity index (χ3n) is 2.84. The minimum absolute atomic E-state index is 0.0328. The molecule has 0 unspecified atom stereocenters. The molecule has 0 aliphatic carbocycles. The highest BCUT2D eigenvalue weighted by atomic mass is 32.2. The Labute approximate surface area is 138 Å². The lowest BCUT2D eigenvalue weighted by Gasteiger charge is -2.09. The van der Waals surface area contributed by atoms with Gasteiger partial charge in [0.05, 0.1) is 4.90 Å². The van der Waals surface area contributed by atoms with Crippen LogP contribution in [-0.2, 0) is 19.6 Å². The maximum Gasteiger partial charge on any atom is 0.328 e. The van der Waals surface area contributed by atoms with Crippen LogP contribution in [-0.4, -0.2) is 25.4 Å². The van der Waals surface area contributed by atoms with Gasteiger partial charge in [0.25, 0.3) is 10.0 Å². The van der Waals surface area contributed by atoms with E-state index in [-0.39, 0.29) is 4.90 Å². The molecule has 0 radical (unpaired) electrons. The lowest BCUT2D eigenvalue weighted by molar-refractivity contribution is -0.131. The summed E-state index contributed by atoms with van der Waals surface area (Å²) in [5, 5.41) is 10.9. The molecular weight excluding hydrogens is 332 g/mol. The third-order valence-corrected chi connectivity index (χ3v) is 4.23. The molecule has 0 saturated heterocycles. The molecule has 7 nitrogen and oxygen atoms in total. The number of carbonyl (C=O) groups excluding carboxylic acids is 1. The summed E-state index contributed by atoms with van der Waals surface area (Å²) in [6, 6.07) is 13.9. The van der Waals surface area contributed by atoms with E-state index in [1.165, 1.54) is 24.3 Å². The molecular formula is C16H14N2O5S. The van der Waals surface area contributed by atoms with E-state index in [0.717, 1.165) is 6.08 Å². The number of nitrogens with one attached hydrogen (secondary N) is 2. The Balaban J connectivity index is 2.08. The van der Waals surface area contributed by atoms with Gasteiger partial charge >= 0.3 is 5.97 Å². The van der Waals surface area contributed by atoms with Gasteiger partial charge in [-0.3, -0.25) is 9.52 Å². The van der Waals surface area contributed by atoms with Gasteiger partial charge in [0.2, 0.25) is 5.91 Å². The Hall–Kier alpha value is -3.13. The first-order chi connectivity index (χ1) is 11.4. The van der Waals surface area contributed by atoms with Crippen LogP contribution in [0.5, 0.6) is 0 Å². The molecule has 2 aromatic carbocycles. The number of rotatable bonds is 6. The Bertz CT molecular complexity index is 859. The quantitative estimate of drug-likeness (QED) is 0.693. The first-order valence-electron chi connectivity index (χ1n) is 6.77. The smallest absolute Gasteiger partial charge is 0.328 e. The number of carboxylic acid groups (broad SMARTS) is 1. The average molecular weight is 346 g/mol. The van der Waals surface area contributed by atoms with Crippen molar-refractivity contribution in [1.82, 2.24) is 0 Å². The number of para-hydroxylation sites is 1. The normalized spacial score (nSPS) is 11.2. The Morgan fingerprint density at radius 2 is 1.50 bits per heavy atom. The van der Waals surface area contributed by atoms with Gasteiger partial charge in [-0.15, -0.1) is 0 Å². The summed E-state index contributed by atoms with van der Waals surface area (Å²) in [6.07, 6.45) is 1.57. The van der Waals surface area contributed by atoms with Gasteiger partial charge in [-0.05, 0) is 36.4 Å². The van der Waals surface area contributed by atoms with Crippen molar-refractivity contribution < 1.29 is 23.1 Å². The van der Waals surface area contributed by atoms with E-state index < -0.39 is 21.9 Å². The Morgan fingerprint density at radius 1 is 0.875 bits per heavy atom. The van der Waals surface area contributed by atoms with E-state index in [2.05, 4.69) is 10.0 Å². The van der Waals surface area contributed by atoms with Crippen molar-refractivity contribution in [1.29, 1.82) is 0 Å². The van der Waals surface area contributed by atoms with E-state index >= 15 is 0 Å². The standard InChI is InChI=1S/C16H14N2O5S/c19-15(10-11-16(20)21)17-12-6-8-14(9-7-12)24(22,23)18-13-4-2-1-3-5-13/h1-11,18H,(H,17,19)(H,20,21)/b11-10+. The maximum absolute atomic E-state index is 12.2. The molecule has 1 amide bonds. The third kappa shape index (κ3) is 4.96. The molecule has 0 aliphatic heterocycles. The monoisotopic (exact) mass is 346 g/mol. The van der Waals surface area contributed by atoms with Crippen LogP contribution in [0.1, 0.15) is 0 Å². The molecule has 0 saturated carbocycles. The van der Waals surface area contributed by atoms with Crippen molar-refractivity contribution in [3.05, 3.63) is 66.7 Å². The topological polar surface area (TPSA) is 113 Å². The van der Waals surface area contributed by atoms with Gasteiger partial charge in [-0.2, -0.15) is 0 Å². The zero-order chi connectivity index (χ0) is 17.6. The summed E-state index contributed by atoms with van der Waals surface area (Å²) in [6.45, 7) is 0. The largest absolute Gasteiger partial charge is 0.478 e. The Morgan fingerprint density at radius 3 is 2.08 bits per heavy atom. The van der Waals surface area contributed by atoms with E-state index in [1.54, 1.807) is 30.3 Å². The van der Waals surface area contributed by atoms with Crippen molar-refractivity contribution in [2.75, 3.05) is 10.0 Å². The molecule has 24 heavy (non-hydrogen) atoms. The molecule has 2 rings (SSSR count). The van der Waals surface area contributed by atoms with Crippen molar-refractivity contribution in [3.63, 3.8) is 0 Å². The van der Waals surface area contributed by atoms with Crippen LogP contribution in [0, 0.1) is 0 Å². The lowest BCUT2D eigenvalue weighted by Crippen LogP contribution is -2.13. The summed E-state index contributed by atoms with van der Waals surface area (Å²) >= 11 is 0. The number of carboxylic acids is 1. The predicted molar refractivity (Wildman–Crippen MR) is 89.1 cm³/mol. The fourth-order valence-corrected chi connectivity index (χ4v) is 2.83. The molecule has 0 fully saturated rings. The van der Waals surface area contributed by atoms with Crippen molar-refractivity contribution in [2.45, 2.75) is 4.90 Å². The highest BCUT2D eigenvalue weighted by Crippen LogP contribution is 2.18. The molecule has 3 N–H and O–H groups in total. The van der Waals surface area contributed by atoms with E-state index in [4.69, 9.17) is 5.11 Å². The van der Waals surface area contributed by atoms with Crippen LogP contribution in [0.4, 0.5) is 11.4 Å². The second-order valence-corrected chi connectivity index (χ2v) is 6.34. The number of hydrogen-bond donors (Lipinski definition) is 3. The number of anilines is 2. The molecule has 0 spiro atoms. The van der Waals surface area contributed by atoms with Gasteiger partial charge in [0.1, 0.15) is 0 Å². The second-order valence-electron chi connectivity index (χ2n) is 4.66. The van der Waals surface area contributed by atoms with Crippen molar-refractivity contribution >= 4 is 33.3 Å². The lowest BCUT2D eigenvalue weighted by atomic mass is 10.3. The molecule has 8 heteroatoms. The van der Waals surface area contributed by atoms with Crippen LogP contribution in [0.3, 0.4) is 0 Å². The summed E-state index contributed by atoms with van der Waals surface area (Å²) < 4.78 is 26.9. The van der Waals surface area contributed by atoms with Crippen LogP contribution < -0.4 is 10.0 Å². The average Bonchev–Trinajstić information content (AvgIpc) is 2.54. The molecule has 2 aromatic rings. The number of amides is 1. The van der Waals surface area contributed by atoms with E-state index in [1.807, 2.05) is 0 Å². The van der Waals surface area contributed by atoms with Gasteiger partial charge in [-0.25, -0.2) is 13.2 Å². The maximum atomic E-state index is 12.2. The summed E-state index contributed by atoms with van der Waals surface area (Å²) in [5.74, 6) is -1.87. The fourth-order valence-electron chi connectivity index (χ4n) is 1.77. The molecule has 0 aliphatic rings. The molecule has 0 heterocycles. The Kier molecular flexibility index (Phi) is 5.33. The van der Waals surface area contributed by atoms with Crippen LogP contribution in [0.2, 0.25) is 0 Å². The highest BCUT2D eigenvalue weighted by molar-refractivity contribution is 7.92. The number of carbonyl (C=O) groups is 2. The van der Waals surface area contributed by atoms with Gasteiger partial charge in [-0.1, -0.05) is 18.2 Å². The van der Waals surface area contributed by atoms with Gasteiger partial charge in [0, 0.05) is 23.5 Å². The number of aliphatic carboxylic acids is 1. The number of sulfonamides is 1. The zero-order valence-corrected chi connectivity index (χ0v) is 13.2. The summed E-state index contributed by atoms with van der Waals surface area (Å²) in [7, 11) is -3.73. The van der Waals surface area contributed by atoms with E-state index in [0.29, 0.717) is 17.5 Å². The molecule has 0 bridgehead atoms. The van der Waals surface area contributed by atoms with Crippen LogP contribution >= 0.6 is 0 Å². The van der Waals surface area contributed by atoms with Crippen LogP contribution in [0.25, 0.3) is 0 Å². The van der Waals surface area contributed by atoms with Crippen LogP contribution in [0.15, 0.2) is 71.6 Å². The van der Waals surface area contributed by atoms with E-state index in [9.17, 15) is 18.0 Å². The molecule has 0 atom stereocenters. The minimum atomic E-state index is -3.73. The summed E-state index contributed by atoms with van der Waals surface area (Å²) in [5.41, 5.74) is 0.780. The molecule has 0 aromatic heterocycles. The zero-order valence-electron chi connectivity index (χ0n) is 12.3. The minimum Gasteiger partial charge on any atom is -0.478 e. The first-order valence-corrected chi connectivity index (χ1v) is 8.25. The predicted octanol–water partition coefficient (Wildman–Crippen LogP) is 2.07. The fraction of sp³-hybridized carbons (Fsp3) is 0. The second kappa shape index (κ2) is 7.42. The summed E-state index contributed by atoms with van der Waals surface area (Å²) in [4.78, 5) is 21.8. The van der Waals surface area contributed by atoms with Gasteiger partial charge in [0.15, 0.2) is 0 Å². The highest BCUT2D eigenvalue weighted by Gasteiger charge is 2.14. The number of benzene rings is 2. The molecule has 124 valence electrons. The van der Waals surface area contributed by atoms with Gasteiger partial charge < -0.3 is 10.4 Å². The van der Waals surface area contributed by atoms with Crippen molar-refractivity contribution in [3.8, 4) is 0 Å².